The van der Waals surface area contributed by atoms with Crippen molar-refractivity contribution in [3.63, 3.8) is 0 Å². The van der Waals surface area contributed by atoms with Gasteiger partial charge >= 0.3 is 0 Å². The molecular weight excluding hydrogens is 232 g/mol. The Kier molecular flexibility index (Phi) is 2.94. The molecule has 1 N–H and O–H groups in total. The standard InChI is InChI=1S/C18H20O/c1-13-12-17(13)14-8-10-16(11-9-14)18(2,19)15-6-4-3-5-7-15/h3-11,13,17,19H,12H2,1-2H3. The van der Waals surface area contributed by atoms with Crippen LogP contribution in [0.5, 0.6) is 0 Å². The van der Waals surface area contributed by atoms with Crippen molar-refractivity contribution >= 4 is 0 Å². The highest BCUT2D eigenvalue weighted by Crippen LogP contribution is 2.47. The first-order valence-electron chi connectivity index (χ1n) is 6.97. The molecule has 98 valence electrons. The molecule has 3 atom stereocenters. The molecular formula is C18H20O. The molecule has 1 saturated carbocycles. The Balaban J connectivity index is 1.89. The van der Waals surface area contributed by atoms with E-state index in [9.17, 15) is 5.11 Å². The quantitative estimate of drug-likeness (QED) is 0.873. The Morgan fingerprint density at radius 3 is 2.00 bits per heavy atom. The second kappa shape index (κ2) is 4.50. The fourth-order valence-electron chi connectivity index (χ4n) is 2.77. The molecule has 0 radical (unpaired) electrons. The molecule has 0 amide bonds. The number of hydrogen-bond acceptors (Lipinski definition) is 1. The first-order valence-corrected chi connectivity index (χ1v) is 6.97. The number of benzene rings is 2. The van der Waals surface area contributed by atoms with E-state index in [0.717, 1.165) is 23.0 Å². The van der Waals surface area contributed by atoms with Crippen LogP contribution in [0, 0.1) is 5.92 Å². The van der Waals surface area contributed by atoms with E-state index in [1.165, 1.54) is 12.0 Å². The molecule has 0 aromatic heterocycles. The lowest BCUT2D eigenvalue weighted by atomic mass is 9.87. The van der Waals surface area contributed by atoms with Crippen LogP contribution in [0.25, 0.3) is 0 Å². The van der Waals surface area contributed by atoms with Gasteiger partial charge in [0.05, 0.1) is 0 Å². The van der Waals surface area contributed by atoms with Gasteiger partial charge in [-0.05, 0) is 41.9 Å². The van der Waals surface area contributed by atoms with Crippen molar-refractivity contribution in [2.45, 2.75) is 31.8 Å². The topological polar surface area (TPSA) is 20.2 Å². The molecule has 2 aromatic carbocycles. The van der Waals surface area contributed by atoms with Gasteiger partial charge in [-0.15, -0.1) is 0 Å². The highest BCUT2D eigenvalue weighted by Gasteiger charge is 2.34. The molecule has 1 heteroatoms. The zero-order valence-corrected chi connectivity index (χ0v) is 11.5. The summed E-state index contributed by atoms with van der Waals surface area (Å²) in [6.45, 7) is 4.15. The van der Waals surface area contributed by atoms with Gasteiger partial charge in [0.1, 0.15) is 5.60 Å². The molecule has 0 bridgehead atoms. The van der Waals surface area contributed by atoms with Gasteiger partial charge in [0, 0.05) is 0 Å². The van der Waals surface area contributed by atoms with Crippen LogP contribution < -0.4 is 0 Å². The van der Waals surface area contributed by atoms with E-state index >= 15 is 0 Å². The lowest BCUT2D eigenvalue weighted by molar-refractivity contribution is 0.102. The zero-order valence-electron chi connectivity index (χ0n) is 11.5. The molecule has 1 aliphatic rings. The minimum Gasteiger partial charge on any atom is -0.381 e. The van der Waals surface area contributed by atoms with Gasteiger partial charge in [-0.3, -0.25) is 0 Å². The van der Waals surface area contributed by atoms with E-state index in [0.29, 0.717) is 0 Å². The fourth-order valence-corrected chi connectivity index (χ4v) is 2.77. The largest absolute Gasteiger partial charge is 0.381 e. The Morgan fingerprint density at radius 2 is 1.47 bits per heavy atom. The number of aliphatic hydroxyl groups is 1. The molecule has 1 nitrogen and oxygen atoms in total. The minimum absolute atomic E-state index is 0.732. The summed E-state index contributed by atoms with van der Waals surface area (Å²) in [5, 5.41) is 10.8. The third kappa shape index (κ3) is 2.31. The molecule has 2 aromatic rings. The van der Waals surface area contributed by atoms with Gasteiger partial charge in [0.25, 0.3) is 0 Å². The molecule has 3 unspecified atom stereocenters. The highest BCUT2D eigenvalue weighted by atomic mass is 16.3. The Labute approximate surface area is 114 Å². The fraction of sp³-hybridized carbons (Fsp3) is 0.333. The van der Waals surface area contributed by atoms with Gasteiger partial charge in [0.2, 0.25) is 0 Å². The lowest BCUT2D eigenvalue weighted by Gasteiger charge is -2.24. The molecule has 0 spiro atoms. The van der Waals surface area contributed by atoms with E-state index in [4.69, 9.17) is 0 Å². The van der Waals surface area contributed by atoms with Crippen LogP contribution in [0.1, 0.15) is 42.9 Å². The summed E-state index contributed by atoms with van der Waals surface area (Å²) in [7, 11) is 0. The van der Waals surface area contributed by atoms with Crippen LogP contribution in [0.15, 0.2) is 54.6 Å². The molecule has 0 saturated heterocycles. The summed E-state index contributed by atoms with van der Waals surface area (Å²) in [5.41, 5.74) is 2.37. The maximum atomic E-state index is 10.8. The third-order valence-corrected chi connectivity index (χ3v) is 4.35. The predicted octanol–water partition coefficient (Wildman–Crippen LogP) is 4.07. The summed E-state index contributed by atoms with van der Waals surface area (Å²) < 4.78 is 0. The molecule has 19 heavy (non-hydrogen) atoms. The van der Waals surface area contributed by atoms with Crippen molar-refractivity contribution < 1.29 is 5.11 Å². The summed E-state index contributed by atoms with van der Waals surface area (Å²) >= 11 is 0. The van der Waals surface area contributed by atoms with Crippen LogP contribution in [0.3, 0.4) is 0 Å². The summed E-state index contributed by atoms with van der Waals surface area (Å²) in [5.74, 6) is 1.55. The Morgan fingerprint density at radius 1 is 0.947 bits per heavy atom. The van der Waals surface area contributed by atoms with Gasteiger partial charge in [0.15, 0.2) is 0 Å². The number of hydrogen-bond donors (Lipinski definition) is 1. The van der Waals surface area contributed by atoms with Crippen molar-refractivity contribution in [3.05, 3.63) is 71.3 Å². The van der Waals surface area contributed by atoms with Crippen molar-refractivity contribution in [1.29, 1.82) is 0 Å². The molecule has 3 rings (SSSR count). The van der Waals surface area contributed by atoms with E-state index in [2.05, 4.69) is 31.2 Å². The van der Waals surface area contributed by atoms with Crippen LogP contribution >= 0.6 is 0 Å². The molecule has 1 aliphatic carbocycles. The average Bonchev–Trinajstić information content (AvgIpc) is 3.17. The Hall–Kier alpha value is -1.60. The van der Waals surface area contributed by atoms with Crippen molar-refractivity contribution in [1.82, 2.24) is 0 Å². The van der Waals surface area contributed by atoms with Gasteiger partial charge in [-0.25, -0.2) is 0 Å². The van der Waals surface area contributed by atoms with Crippen LogP contribution in [-0.4, -0.2) is 5.11 Å². The van der Waals surface area contributed by atoms with Crippen molar-refractivity contribution in [3.8, 4) is 0 Å². The molecule has 1 fully saturated rings. The summed E-state index contributed by atoms with van der Waals surface area (Å²) in [6.07, 6.45) is 1.30. The maximum Gasteiger partial charge on any atom is 0.112 e. The third-order valence-electron chi connectivity index (χ3n) is 4.35. The smallest absolute Gasteiger partial charge is 0.112 e. The van der Waals surface area contributed by atoms with Crippen molar-refractivity contribution in [2.24, 2.45) is 5.92 Å². The normalized spacial score (nSPS) is 24.8. The SMILES string of the molecule is CC1CC1c1ccc(C(C)(O)c2ccccc2)cc1. The van der Waals surface area contributed by atoms with Crippen LogP contribution in [0.2, 0.25) is 0 Å². The molecule has 0 heterocycles. The number of rotatable bonds is 3. The first-order chi connectivity index (χ1) is 9.09. The van der Waals surface area contributed by atoms with E-state index in [1.807, 2.05) is 37.3 Å². The Bertz CT molecular complexity index is 554. The molecule has 0 aliphatic heterocycles. The summed E-state index contributed by atoms with van der Waals surface area (Å²) in [6, 6.07) is 18.3. The van der Waals surface area contributed by atoms with E-state index in [-0.39, 0.29) is 0 Å². The van der Waals surface area contributed by atoms with E-state index in [1.54, 1.807) is 0 Å². The van der Waals surface area contributed by atoms with Crippen molar-refractivity contribution in [2.75, 3.05) is 0 Å². The van der Waals surface area contributed by atoms with Crippen LogP contribution in [0.4, 0.5) is 0 Å². The maximum absolute atomic E-state index is 10.8. The van der Waals surface area contributed by atoms with Gasteiger partial charge in [-0.1, -0.05) is 61.5 Å². The zero-order chi connectivity index (χ0) is 13.5. The average molecular weight is 252 g/mol. The second-order valence-electron chi connectivity index (χ2n) is 5.88. The van der Waals surface area contributed by atoms with Gasteiger partial charge in [-0.2, -0.15) is 0 Å². The monoisotopic (exact) mass is 252 g/mol. The summed E-state index contributed by atoms with van der Waals surface area (Å²) in [4.78, 5) is 0. The second-order valence-corrected chi connectivity index (χ2v) is 5.88. The highest BCUT2D eigenvalue weighted by molar-refractivity contribution is 5.38. The first kappa shape index (κ1) is 12.4. The lowest BCUT2D eigenvalue weighted by Crippen LogP contribution is -2.22. The van der Waals surface area contributed by atoms with Gasteiger partial charge < -0.3 is 5.11 Å². The minimum atomic E-state index is -0.922. The van der Waals surface area contributed by atoms with E-state index < -0.39 is 5.60 Å². The predicted molar refractivity (Wildman–Crippen MR) is 78.1 cm³/mol. The van der Waals surface area contributed by atoms with Crippen LogP contribution in [-0.2, 0) is 5.60 Å².